The van der Waals surface area contributed by atoms with Crippen LogP contribution in [0.3, 0.4) is 0 Å². The quantitative estimate of drug-likeness (QED) is 0.621. The molecule has 0 radical (unpaired) electrons. The maximum Gasteiger partial charge on any atom is 0.237 e. The van der Waals surface area contributed by atoms with E-state index in [1.807, 2.05) is 13.8 Å². The molecule has 0 bridgehead atoms. The first-order valence-electron chi connectivity index (χ1n) is 7.59. The highest BCUT2D eigenvalue weighted by Crippen LogP contribution is 2.18. The maximum absolute atomic E-state index is 12.0. The van der Waals surface area contributed by atoms with Crippen molar-refractivity contribution in [2.45, 2.75) is 39.2 Å². The van der Waals surface area contributed by atoms with Gasteiger partial charge in [-0.05, 0) is 32.7 Å². The van der Waals surface area contributed by atoms with Crippen molar-refractivity contribution < 1.29 is 9.59 Å². The monoisotopic (exact) mass is 320 g/mol. The number of likely N-dealkylation sites (tertiary alicyclic amines) is 1. The second kappa shape index (κ2) is 10.8. The summed E-state index contributed by atoms with van der Waals surface area (Å²) in [6, 6.07) is -0.174. The molecule has 124 valence electrons. The zero-order valence-electron chi connectivity index (χ0n) is 13.1. The van der Waals surface area contributed by atoms with Crippen molar-refractivity contribution in [3.05, 3.63) is 0 Å². The fourth-order valence-electron chi connectivity index (χ4n) is 2.47. The van der Waals surface area contributed by atoms with Crippen molar-refractivity contribution in [2.24, 2.45) is 11.7 Å². The fraction of sp³-hybridized carbons (Fsp3) is 0.857. The number of hydrogen-bond acceptors (Lipinski definition) is 4. The van der Waals surface area contributed by atoms with Crippen LogP contribution in [0.25, 0.3) is 0 Å². The normalized spacial score (nSPS) is 20.2. The number of hydrogen-bond donors (Lipinski definition) is 3. The molecule has 7 heteroatoms. The first kappa shape index (κ1) is 20.1. The average molecular weight is 321 g/mol. The summed E-state index contributed by atoms with van der Waals surface area (Å²) in [6.45, 7) is 7.14. The smallest absolute Gasteiger partial charge is 0.237 e. The largest absolute Gasteiger partial charge is 0.355 e. The van der Waals surface area contributed by atoms with E-state index in [4.69, 9.17) is 5.73 Å². The van der Waals surface area contributed by atoms with Crippen molar-refractivity contribution in [3.63, 3.8) is 0 Å². The van der Waals surface area contributed by atoms with Gasteiger partial charge in [0.1, 0.15) is 0 Å². The molecule has 1 saturated heterocycles. The Morgan fingerprint density at radius 1 is 1.33 bits per heavy atom. The van der Waals surface area contributed by atoms with Crippen LogP contribution < -0.4 is 16.4 Å². The molecule has 0 spiro atoms. The highest BCUT2D eigenvalue weighted by atomic mass is 35.5. The van der Waals surface area contributed by atoms with E-state index in [-0.39, 0.29) is 36.2 Å². The van der Waals surface area contributed by atoms with Gasteiger partial charge in [-0.3, -0.25) is 14.5 Å². The van der Waals surface area contributed by atoms with Gasteiger partial charge >= 0.3 is 0 Å². The number of nitrogens with two attached hydrogens (primary N) is 1. The van der Waals surface area contributed by atoms with Crippen LogP contribution in [-0.2, 0) is 9.59 Å². The van der Waals surface area contributed by atoms with E-state index in [2.05, 4.69) is 15.5 Å². The lowest BCUT2D eigenvalue weighted by atomic mass is 9.96. The van der Waals surface area contributed by atoms with Crippen LogP contribution in [0.15, 0.2) is 0 Å². The van der Waals surface area contributed by atoms with Gasteiger partial charge in [0.2, 0.25) is 11.8 Å². The van der Waals surface area contributed by atoms with Gasteiger partial charge < -0.3 is 16.4 Å². The van der Waals surface area contributed by atoms with Gasteiger partial charge in [-0.2, -0.15) is 0 Å². The summed E-state index contributed by atoms with van der Waals surface area (Å²) in [5, 5.41) is 5.74. The third kappa shape index (κ3) is 6.63. The van der Waals surface area contributed by atoms with Crippen LogP contribution in [0.5, 0.6) is 0 Å². The summed E-state index contributed by atoms with van der Waals surface area (Å²) in [5.41, 5.74) is 5.39. The first-order valence-corrected chi connectivity index (χ1v) is 7.59. The summed E-state index contributed by atoms with van der Waals surface area (Å²) < 4.78 is 0. The predicted octanol–water partition coefficient (Wildman–Crippen LogP) is 0.110. The number of nitrogens with one attached hydrogen (secondary N) is 2. The van der Waals surface area contributed by atoms with Crippen molar-refractivity contribution >= 4 is 24.2 Å². The summed E-state index contributed by atoms with van der Waals surface area (Å²) in [4.78, 5) is 26.1. The summed E-state index contributed by atoms with van der Waals surface area (Å²) in [5.74, 6) is 0.0768. The number of rotatable bonds is 7. The molecule has 21 heavy (non-hydrogen) atoms. The highest BCUT2D eigenvalue weighted by Gasteiger charge is 2.30. The molecule has 2 unspecified atom stereocenters. The Morgan fingerprint density at radius 3 is 2.67 bits per heavy atom. The lowest BCUT2D eigenvalue weighted by Gasteiger charge is -2.35. The van der Waals surface area contributed by atoms with Crippen LogP contribution in [0.1, 0.15) is 33.1 Å². The molecule has 2 amide bonds. The second-order valence-corrected chi connectivity index (χ2v) is 5.38. The molecule has 1 aliphatic heterocycles. The van der Waals surface area contributed by atoms with Gasteiger partial charge in [0.25, 0.3) is 0 Å². The fourth-order valence-corrected chi connectivity index (χ4v) is 2.47. The number of nitrogens with zero attached hydrogens (tertiary/aromatic N) is 1. The van der Waals surface area contributed by atoms with Crippen molar-refractivity contribution in [1.82, 2.24) is 15.5 Å². The first-order chi connectivity index (χ1) is 9.60. The molecule has 0 aromatic carbocycles. The Morgan fingerprint density at radius 2 is 2.05 bits per heavy atom. The number of piperidine rings is 1. The molecule has 6 nitrogen and oxygen atoms in total. The SMILES string of the molecule is CCCNC(=O)C(C)N1CCCC(C(=O)NCCN)C1.Cl. The van der Waals surface area contributed by atoms with Crippen LogP contribution in [0.4, 0.5) is 0 Å². The summed E-state index contributed by atoms with van der Waals surface area (Å²) in [6.07, 6.45) is 2.77. The third-order valence-corrected chi connectivity index (χ3v) is 3.74. The number of carbonyl (C=O) groups is 2. The van der Waals surface area contributed by atoms with Gasteiger partial charge in [-0.15, -0.1) is 12.4 Å². The molecule has 0 aromatic rings. The molecule has 1 rings (SSSR count). The van der Waals surface area contributed by atoms with E-state index in [1.165, 1.54) is 0 Å². The minimum atomic E-state index is -0.174. The van der Waals surface area contributed by atoms with E-state index >= 15 is 0 Å². The van der Waals surface area contributed by atoms with E-state index in [9.17, 15) is 9.59 Å². The molecular formula is C14H29ClN4O2. The van der Waals surface area contributed by atoms with Gasteiger partial charge in [0.05, 0.1) is 12.0 Å². The number of amides is 2. The van der Waals surface area contributed by atoms with Gasteiger partial charge in [0, 0.05) is 26.2 Å². The zero-order valence-corrected chi connectivity index (χ0v) is 13.9. The maximum atomic E-state index is 12.0. The molecule has 4 N–H and O–H groups in total. The molecule has 2 atom stereocenters. The Labute approximate surface area is 133 Å². The predicted molar refractivity (Wildman–Crippen MR) is 86.4 cm³/mol. The molecule has 0 aliphatic carbocycles. The molecule has 0 saturated carbocycles. The van der Waals surface area contributed by atoms with Crippen molar-refractivity contribution in [3.8, 4) is 0 Å². The number of carbonyl (C=O) groups excluding carboxylic acids is 2. The minimum absolute atomic E-state index is 0. The molecule has 1 fully saturated rings. The van der Waals surface area contributed by atoms with Crippen molar-refractivity contribution in [2.75, 3.05) is 32.7 Å². The Bertz CT molecular complexity index is 310. The van der Waals surface area contributed by atoms with Crippen LogP contribution in [-0.4, -0.2) is 55.5 Å². The molecular weight excluding hydrogens is 292 g/mol. The summed E-state index contributed by atoms with van der Waals surface area (Å²) >= 11 is 0. The van der Waals surface area contributed by atoms with Crippen LogP contribution in [0.2, 0.25) is 0 Å². The van der Waals surface area contributed by atoms with Crippen molar-refractivity contribution in [1.29, 1.82) is 0 Å². The second-order valence-electron chi connectivity index (χ2n) is 5.38. The standard InChI is InChI=1S/C14H28N4O2.ClH/c1-3-7-16-13(19)11(2)18-9-4-5-12(10-18)14(20)17-8-6-15;/h11-12H,3-10,15H2,1-2H3,(H,16,19)(H,17,20);1H. The highest BCUT2D eigenvalue weighted by molar-refractivity contribution is 5.85. The Kier molecular flexibility index (Phi) is 10.4. The van der Waals surface area contributed by atoms with Crippen LogP contribution >= 0.6 is 12.4 Å². The summed E-state index contributed by atoms with van der Waals surface area (Å²) in [7, 11) is 0. The molecule has 1 heterocycles. The van der Waals surface area contributed by atoms with Crippen LogP contribution in [0, 0.1) is 5.92 Å². The third-order valence-electron chi connectivity index (χ3n) is 3.74. The topological polar surface area (TPSA) is 87.5 Å². The Hall–Kier alpha value is -0.850. The number of halogens is 1. The lowest BCUT2D eigenvalue weighted by Crippen LogP contribution is -2.51. The average Bonchev–Trinajstić information content (AvgIpc) is 2.49. The Balaban J connectivity index is 0.00000400. The van der Waals surface area contributed by atoms with Gasteiger partial charge in [-0.25, -0.2) is 0 Å². The van der Waals surface area contributed by atoms with E-state index in [0.717, 1.165) is 25.8 Å². The minimum Gasteiger partial charge on any atom is -0.355 e. The zero-order chi connectivity index (χ0) is 15.0. The van der Waals surface area contributed by atoms with Gasteiger partial charge in [0.15, 0.2) is 0 Å². The van der Waals surface area contributed by atoms with E-state index in [0.29, 0.717) is 26.2 Å². The van der Waals surface area contributed by atoms with E-state index < -0.39 is 0 Å². The lowest BCUT2D eigenvalue weighted by molar-refractivity contribution is -0.131. The molecule has 0 aromatic heterocycles. The van der Waals surface area contributed by atoms with E-state index in [1.54, 1.807) is 0 Å². The molecule has 1 aliphatic rings. The van der Waals surface area contributed by atoms with Gasteiger partial charge in [-0.1, -0.05) is 6.92 Å².